The molecule has 3 N–H and O–H groups in total. The highest BCUT2D eigenvalue weighted by Gasteiger charge is 2.33. The molecule has 0 atom stereocenters. The summed E-state index contributed by atoms with van der Waals surface area (Å²) in [4.78, 5) is 15.6. The lowest BCUT2D eigenvalue weighted by atomic mass is 10.1. The van der Waals surface area contributed by atoms with Crippen molar-refractivity contribution in [2.45, 2.75) is 20.0 Å². The van der Waals surface area contributed by atoms with Gasteiger partial charge in [-0.2, -0.15) is 13.2 Å². The summed E-state index contributed by atoms with van der Waals surface area (Å²) in [6.07, 6.45) is -4.53. The van der Waals surface area contributed by atoms with Crippen molar-refractivity contribution in [1.29, 1.82) is 0 Å². The molecular weight excluding hydrogens is 331 g/mol. The average Bonchev–Trinajstić information content (AvgIpc) is 2.40. The molecule has 1 amide bonds. The van der Waals surface area contributed by atoms with Crippen LogP contribution in [0.2, 0.25) is 0 Å². The van der Waals surface area contributed by atoms with Gasteiger partial charge in [0.05, 0.1) is 11.3 Å². The molecule has 0 saturated heterocycles. The molecule has 8 heteroatoms. The second-order valence-electron chi connectivity index (χ2n) is 4.86. The van der Waals surface area contributed by atoms with Crippen LogP contribution < -0.4 is 11.1 Å². The third-order valence-corrected chi connectivity index (χ3v) is 3.12. The van der Waals surface area contributed by atoms with Crippen molar-refractivity contribution in [3.05, 3.63) is 52.8 Å². The monoisotopic (exact) mass is 345 g/mol. The summed E-state index contributed by atoms with van der Waals surface area (Å²) in [5.74, 6) is -0.522. The lowest BCUT2D eigenvalue weighted by Crippen LogP contribution is -2.17. The van der Waals surface area contributed by atoms with E-state index in [-0.39, 0.29) is 23.7 Å². The van der Waals surface area contributed by atoms with E-state index < -0.39 is 17.8 Å². The number of carbonyl (C=O) groups excluding carboxylic acids is 1. The Balaban J connectivity index is 0.00000264. The number of halogens is 4. The molecule has 23 heavy (non-hydrogen) atoms. The van der Waals surface area contributed by atoms with E-state index in [9.17, 15) is 18.0 Å². The van der Waals surface area contributed by atoms with Crippen LogP contribution in [0.1, 0.15) is 27.3 Å². The van der Waals surface area contributed by atoms with Crippen LogP contribution in [0.15, 0.2) is 30.3 Å². The number of aromatic nitrogens is 1. The Morgan fingerprint density at radius 2 is 1.83 bits per heavy atom. The van der Waals surface area contributed by atoms with Gasteiger partial charge in [-0.15, -0.1) is 12.4 Å². The highest BCUT2D eigenvalue weighted by atomic mass is 35.5. The fraction of sp³-hybridized carbons (Fsp3) is 0.200. The quantitative estimate of drug-likeness (QED) is 0.809. The molecule has 1 heterocycles. The fourth-order valence-corrected chi connectivity index (χ4v) is 1.98. The summed E-state index contributed by atoms with van der Waals surface area (Å²) in [5, 5.41) is 2.64. The summed E-state index contributed by atoms with van der Waals surface area (Å²) in [6, 6.07) is 6.86. The third kappa shape index (κ3) is 4.35. The molecule has 2 aromatic rings. The Morgan fingerprint density at radius 1 is 1.17 bits per heavy atom. The zero-order valence-electron chi connectivity index (χ0n) is 12.4. The van der Waals surface area contributed by atoms with Gasteiger partial charge in [0.1, 0.15) is 5.69 Å². The second kappa shape index (κ2) is 6.87. The molecule has 0 aliphatic rings. The molecule has 0 unspecified atom stereocenters. The molecule has 0 aliphatic carbocycles. The first-order valence-electron chi connectivity index (χ1n) is 6.41. The Morgan fingerprint density at radius 3 is 2.35 bits per heavy atom. The molecule has 0 aliphatic heterocycles. The van der Waals surface area contributed by atoms with Crippen molar-refractivity contribution >= 4 is 29.7 Å². The van der Waals surface area contributed by atoms with Crippen LogP contribution in [0.5, 0.6) is 0 Å². The van der Waals surface area contributed by atoms with Gasteiger partial charge in [-0.05, 0) is 49.7 Å². The Hall–Kier alpha value is -2.28. The topological polar surface area (TPSA) is 68.0 Å². The number of nitrogens with zero attached hydrogens (tertiary/aromatic N) is 1. The number of pyridine rings is 1. The van der Waals surface area contributed by atoms with Gasteiger partial charge in [-0.3, -0.25) is 4.79 Å². The summed E-state index contributed by atoms with van der Waals surface area (Å²) < 4.78 is 37.7. The van der Waals surface area contributed by atoms with Crippen molar-refractivity contribution in [1.82, 2.24) is 4.98 Å². The standard InChI is InChI=1S/C15H14F3N3O.ClH/c1-8-7-10(19)3-5-12(8)21-14(22)11-4-6-13(15(16,17)18)20-9(11)2;/h3-7H,19H2,1-2H3,(H,21,22);1H. The van der Waals surface area contributed by atoms with Gasteiger partial charge >= 0.3 is 6.18 Å². The Kier molecular flexibility index (Phi) is 5.60. The van der Waals surface area contributed by atoms with Crippen LogP contribution in [-0.4, -0.2) is 10.9 Å². The van der Waals surface area contributed by atoms with E-state index in [1.807, 2.05) is 0 Å². The van der Waals surface area contributed by atoms with Crippen LogP contribution in [0.25, 0.3) is 0 Å². The van der Waals surface area contributed by atoms with E-state index in [2.05, 4.69) is 10.3 Å². The number of benzene rings is 1. The second-order valence-corrected chi connectivity index (χ2v) is 4.86. The third-order valence-electron chi connectivity index (χ3n) is 3.12. The SMILES string of the molecule is Cc1cc(N)ccc1NC(=O)c1ccc(C(F)(F)F)nc1C.Cl. The first kappa shape index (κ1) is 18.8. The number of hydrogen-bond acceptors (Lipinski definition) is 3. The van der Waals surface area contributed by atoms with Crippen molar-refractivity contribution in [2.75, 3.05) is 11.1 Å². The molecule has 0 fully saturated rings. The summed E-state index contributed by atoms with van der Waals surface area (Å²) in [5.41, 5.74) is 6.55. The minimum absolute atomic E-state index is 0. The van der Waals surface area contributed by atoms with E-state index in [1.165, 1.54) is 6.92 Å². The number of carbonyl (C=O) groups is 1. The predicted molar refractivity (Wildman–Crippen MR) is 84.8 cm³/mol. The molecule has 0 saturated carbocycles. The van der Waals surface area contributed by atoms with Crippen LogP contribution in [0, 0.1) is 13.8 Å². The molecule has 1 aromatic heterocycles. The smallest absolute Gasteiger partial charge is 0.399 e. The summed E-state index contributed by atoms with van der Waals surface area (Å²) in [7, 11) is 0. The molecule has 0 spiro atoms. The van der Waals surface area contributed by atoms with Crippen LogP contribution >= 0.6 is 12.4 Å². The largest absolute Gasteiger partial charge is 0.433 e. The van der Waals surface area contributed by atoms with Crippen molar-refractivity contribution in [2.24, 2.45) is 0 Å². The van der Waals surface area contributed by atoms with E-state index in [4.69, 9.17) is 5.73 Å². The highest BCUT2D eigenvalue weighted by Crippen LogP contribution is 2.28. The molecule has 1 aromatic carbocycles. The van der Waals surface area contributed by atoms with Crippen molar-refractivity contribution in [3.8, 4) is 0 Å². The number of aryl methyl sites for hydroxylation is 2. The van der Waals surface area contributed by atoms with Crippen LogP contribution in [-0.2, 0) is 6.18 Å². The van der Waals surface area contributed by atoms with E-state index in [0.29, 0.717) is 11.4 Å². The van der Waals surface area contributed by atoms with E-state index >= 15 is 0 Å². The Labute approximate surface area is 137 Å². The number of nitrogens with two attached hydrogens (primary N) is 1. The van der Waals surface area contributed by atoms with Gasteiger partial charge in [0.15, 0.2) is 0 Å². The molecule has 4 nitrogen and oxygen atoms in total. The van der Waals surface area contributed by atoms with Gasteiger partial charge in [0.2, 0.25) is 0 Å². The molecule has 124 valence electrons. The van der Waals surface area contributed by atoms with E-state index in [1.54, 1.807) is 25.1 Å². The Bertz CT molecular complexity index is 732. The van der Waals surface area contributed by atoms with Crippen LogP contribution in [0.3, 0.4) is 0 Å². The first-order chi connectivity index (χ1) is 10.2. The zero-order chi connectivity index (χ0) is 16.5. The summed E-state index contributed by atoms with van der Waals surface area (Å²) >= 11 is 0. The van der Waals surface area contributed by atoms with Gasteiger partial charge in [0, 0.05) is 11.4 Å². The number of alkyl halides is 3. The van der Waals surface area contributed by atoms with E-state index in [0.717, 1.165) is 17.7 Å². The molecular formula is C15H15ClF3N3O. The van der Waals surface area contributed by atoms with Gasteiger partial charge in [-0.25, -0.2) is 4.98 Å². The van der Waals surface area contributed by atoms with Crippen LogP contribution in [0.4, 0.5) is 24.5 Å². The lowest BCUT2D eigenvalue weighted by molar-refractivity contribution is -0.141. The number of rotatable bonds is 2. The maximum absolute atomic E-state index is 12.6. The number of hydrogen-bond donors (Lipinski definition) is 2. The maximum Gasteiger partial charge on any atom is 0.433 e. The van der Waals surface area contributed by atoms with Gasteiger partial charge < -0.3 is 11.1 Å². The van der Waals surface area contributed by atoms with Crippen molar-refractivity contribution in [3.63, 3.8) is 0 Å². The molecule has 0 radical (unpaired) electrons. The maximum atomic E-state index is 12.6. The minimum atomic E-state index is -4.53. The molecule has 2 rings (SSSR count). The normalized spacial score (nSPS) is 10.8. The molecule has 0 bridgehead atoms. The number of nitrogens with one attached hydrogen (secondary N) is 1. The lowest BCUT2D eigenvalue weighted by Gasteiger charge is -2.12. The van der Waals surface area contributed by atoms with Gasteiger partial charge in [0.25, 0.3) is 5.91 Å². The average molecular weight is 346 g/mol. The first-order valence-corrected chi connectivity index (χ1v) is 6.41. The highest BCUT2D eigenvalue weighted by molar-refractivity contribution is 6.05. The fourth-order valence-electron chi connectivity index (χ4n) is 1.98. The number of anilines is 2. The van der Waals surface area contributed by atoms with Gasteiger partial charge in [-0.1, -0.05) is 0 Å². The number of amides is 1. The summed E-state index contributed by atoms with van der Waals surface area (Å²) in [6.45, 7) is 3.13. The minimum Gasteiger partial charge on any atom is -0.399 e. The predicted octanol–water partition coefficient (Wildman–Crippen LogP) is 3.97. The van der Waals surface area contributed by atoms with Crippen molar-refractivity contribution < 1.29 is 18.0 Å². The number of nitrogen functional groups attached to an aromatic ring is 1. The zero-order valence-corrected chi connectivity index (χ0v) is 13.2.